The largest absolute Gasteiger partial charge is 0.352 e. The van der Waals surface area contributed by atoms with Gasteiger partial charge in [0.15, 0.2) is 0 Å². The molecule has 1 aliphatic rings. The zero-order chi connectivity index (χ0) is 13.3. The summed E-state index contributed by atoms with van der Waals surface area (Å²) in [7, 11) is 0. The third-order valence-corrected chi connectivity index (χ3v) is 3.57. The average Bonchev–Trinajstić information content (AvgIpc) is 2.46. The van der Waals surface area contributed by atoms with E-state index in [-0.39, 0.29) is 5.91 Å². The van der Waals surface area contributed by atoms with Crippen molar-refractivity contribution in [2.24, 2.45) is 0 Å². The van der Waals surface area contributed by atoms with E-state index in [9.17, 15) is 4.79 Å². The van der Waals surface area contributed by atoms with Crippen LogP contribution >= 0.6 is 0 Å². The highest BCUT2D eigenvalue weighted by atomic mass is 16.1. The molecule has 0 radical (unpaired) electrons. The van der Waals surface area contributed by atoms with E-state index in [4.69, 9.17) is 0 Å². The number of aromatic nitrogens is 1. The summed E-state index contributed by atoms with van der Waals surface area (Å²) >= 11 is 0. The van der Waals surface area contributed by atoms with Crippen molar-refractivity contribution in [1.82, 2.24) is 15.6 Å². The lowest BCUT2D eigenvalue weighted by atomic mass is 9.95. The van der Waals surface area contributed by atoms with Gasteiger partial charge in [0.05, 0.1) is 6.54 Å². The molecule has 0 aliphatic heterocycles. The van der Waals surface area contributed by atoms with E-state index in [0.29, 0.717) is 12.6 Å². The Bertz CT molecular complexity index is 374. The predicted octanol–water partition coefficient (Wildman–Crippen LogP) is 1.66. The van der Waals surface area contributed by atoms with Gasteiger partial charge >= 0.3 is 0 Å². The van der Waals surface area contributed by atoms with Crippen LogP contribution in [-0.4, -0.2) is 30.0 Å². The molecular weight excluding hydrogens is 238 g/mol. The van der Waals surface area contributed by atoms with Crippen LogP contribution in [0.2, 0.25) is 0 Å². The van der Waals surface area contributed by atoms with Crippen molar-refractivity contribution in [3.05, 3.63) is 30.1 Å². The summed E-state index contributed by atoms with van der Waals surface area (Å²) in [5.41, 5.74) is 1.20. The minimum Gasteiger partial charge on any atom is -0.352 e. The molecule has 19 heavy (non-hydrogen) atoms. The van der Waals surface area contributed by atoms with E-state index in [1.54, 1.807) is 6.20 Å². The van der Waals surface area contributed by atoms with Gasteiger partial charge in [0.2, 0.25) is 5.91 Å². The van der Waals surface area contributed by atoms with Crippen LogP contribution in [0.1, 0.15) is 37.7 Å². The van der Waals surface area contributed by atoms with Crippen molar-refractivity contribution in [2.75, 3.05) is 13.1 Å². The maximum atomic E-state index is 11.7. The molecule has 1 aliphatic carbocycles. The monoisotopic (exact) mass is 261 g/mol. The van der Waals surface area contributed by atoms with E-state index < -0.39 is 0 Å². The summed E-state index contributed by atoms with van der Waals surface area (Å²) in [6, 6.07) is 4.39. The predicted molar refractivity (Wildman–Crippen MR) is 75.8 cm³/mol. The van der Waals surface area contributed by atoms with Crippen LogP contribution in [0.4, 0.5) is 0 Å². The Morgan fingerprint density at radius 1 is 1.32 bits per heavy atom. The first-order valence-corrected chi connectivity index (χ1v) is 7.23. The van der Waals surface area contributed by atoms with Crippen LogP contribution < -0.4 is 10.6 Å². The molecular formula is C15H23N3O. The van der Waals surface area contributed by atoms with E-state index in [1.165, 1.54) is 24.8 Å². The molecule has 0 aromatic carbocycles. The van der Waals surface area contributed by atoms with Crippen molar-refractivity contribution >= 4 is 5.91 Å². The lowest BCUT2D eigenvalue weighted by Gasteiger charge is -2.22. The molecule has 0 atom stereocenters. The van der Waals surface area contributed by atoms with Gasteiger partial charge in [-0.25, -0.2) is 0 Å². The number of hydrogen-bond donors (Lipinski definition) is 2. The average molecular weight is 261 g/mol. The highest BCUT2D eigenvalue weighted by Crippen LogP contribution is 2.16. The highest BCUT2D eigenvalue weighted by molar-refractivity contribution is 5.78. The zero-order valence-corrected chi connectivity index (χ0v) is 11.4. The van der Waals surface area contributed by atoms with Crippen LogP contribution in [0.5, 0.6) is 0 Å². The Labute approximate surface area is 115 Å². The van der Waals surface area contributed by atoms with E-state index in [1.807, 2.05) is 12.3 Å². The number of amides is 1. The third-order valence-electron chi connectivity index (χ3n) is 3.57. The smallest absolute Gasteiger partial charge is 0.234 e. The standard InChI is InChI=1S/C15H23N3O/c19-15(18-14-6-2-1-3-7-14)12-17-10-8-13-5-4-9-16-11-13/h4-5,9,11,14,17H,1-3,6-8,10,12H2,(H,18,19). The van der Waals surface area contributed by atoms with Gasteiger partial charge in [-0.1, -0.05) is 25.3 Å². The molecule has 2 rings (SSSR count). The van der Waals surface area contributed by atoms with E-state index in [2.05, 4.69) is 21.7 Å². The summed E-state index contributed by atoms with van der Waals surface area (Å²) in [6.07, 6.45) is 10.6. The molecule has 0 spiro atoms. The maximum Gasteiger partial charge on any atom is 0.234 e. The molecule has 0 unspecified atom stereocenters. The molecule has 2 N–H and O–H groups in total. The topological polar surface area (TPSA) is 54.0 Å². The van der Waals surface area contributed by atoms with Gasteiger partial charge in [-0.3, -0.25) is 9.78 Å². The Kier molecular flexibility index (Phi) is 5.82. The van der Waals surface area contributed by atoms with Crippen LogP contribution in [0, 0.1) is 0 Å². The number of nitrogens with one attached hydrogen (secondary N) is 2. The normalized spacial score (nSPS) is 16.2. The first-order valence-electron chi connectivity index (χ1n) is 7.23. The Morgan fingerprint density at radius 2 is 2.16 bits per heavy atom. The van der Waals surface area contributed by atoms with Gasteiger partial charge in [-0.2, -0.15) is 0 Å². The van der Waals surface area contributed by atoms with Gasteiger partial charge in [0, 0.05) is 18.4 Å². The molecule has 0 bridgehead atoms. The molecule has 1 heterocycles. The molecule has 0 saturated heterocycles. The fourth-order valence-electron chi connectivity index (χ4n) is 2.51. The molecule has 4 nitrogen and oxygen atoms in total. The summed E-state index contributed by atoms with van der Waals surface area (Å²) in [5.74, 6) is 0.123. The SMILES string of the molecule is O=C(CNCCc1cccnc1)NC1CCCCC1. The number of rotatable bonds is 6. The third kappa shape index (κ3) is 5.39. The minimum absolute atomic E-state index is 0.123. The van der Waals surface area contributed by atoms with Crippen LogP contribution in [0.3, 0.4) is 0 Å². The number of pyridine rings is 1. The van der Waals surface area contributed by atoms with Crippen LogP contribution in [0.15, 0.2) is 24.5 Å². The van der Waals surface area contributed by atoms with Gasteiger partial charge in [-0.05, 0) is 37.4 Å². The van der Waals surface area contributed by atoms with Crippen molar-refractivity contribution in [3.63, 3.8) is 0 Å². The molecule has 1 aromatic rings. The highest BCUT2D eigenvalue weighted by Gasteiger charge is 2.14. The maximum absolute atomic E-state index is 11.7. The van der Waals surface area contributed by atoms with Gasteiger partial charge in [-0.15, -0.1) is 0 Å². The zero-order valence-electron chi connectivity index (χ0n) is 11.4. The molecule has 1 fully saturated rings. The number of hydrogen-bond acceptors (Lipinski definition) is 3. The number of nitrogens with zero attached hydrogens (tertiary/aromatic N) is 1. The lowest BCUT2D eigenvalue weighted by Crippen LogP contribution is -2.41. The number of carbonyl (C=O) groups excluding carboxylic acids is 1. The van der Waals surface area contributed by atoms with E-state index >= 15 is 0 Å². The quantitative estimate of drug-likeness (QED) is 0.766. The number of carbonyl (C=O) groups is 1. The molecule has 1 saturated carbocycles. The second-order valence-electron chi connectivity index (χ2n) is 5.19. The van der Waals surface area contributed by atoms with Crippen molar-refractivity contribution in [2.45, 2.75) is 44.6 Å². The van der Waals surface area contributed by atoms with Crippen molar-refractivity contribution in [3.8, 4) is 0 Å². The van der Waals surface area contributed by atoms with Crippen molar-refractivity contribution < 1.29 is 4.79 Å². The second-order valence-corrected chi connectivity index (χ2v) is 5.19. The van der Waals surface area contributed by atoms with Crippen molar-refractivity contribution in [1.29, 1.82) is 0 Å². The first-order chi connectivity index (χ1) is 9.34. The summed E-state index contributed by atoms with van der Waals surface area (Å²) in [5, 5.41) is 6.29. The fraction of sp³-hybridized carbons (Fsp3) is 0.600. The molecule has 1 aromatic heterocycles. The Hall–Kier alpha value is -1.42. The summed E-state index contributed by atoms with van der Waals surface area (Å²) in [4.78, 5) is 15.8. The Balaban J connectivity index is 1.56. The summed E-state index contributed by atoms with van der Waals surface area (Å²) < 4.78 is 0. The molecule has 104 valence electrons. The van der Waals surface area contributed by atoms with E-state index in [0.717, 1.165) is 25.8 Å². The van der Waals surface area contributed by atoms with Gasteiger partial charge < -0.3 is 10.6 Å². The molecule has 1 amide bonds. The minimum atomic E-state index is 0.123. The molecule has 4 heteroatoms. The second kappa shape index (κ2) is 7.89. The van der Waals surface area contributed by atoms with Crippen LogP contribution in [-0.2, 0) is 11.2 Å². The fourth-order valence-corrected chi connectivity index (χ4v) is 2.51. The van der Waals surface area contributed by atoms with Gasteiger partial charge in [0.25, 0.3) is 0 Å². The van der Waals surface area contributed by atoms with Gasteiger partial charge in [0.1, 0.15) is 0 Å². The summed E-state index contributed by atoms with van der Waals surface area (Å²) in [6.45, 7) is 1.22. The van der Waals surface area contributed by atoms with Crippen LogP contribution in [0.25, 0.3) is 0 Å². The Morgan fingerprint density at radius 3 is 2.89 bits per heavy atom. The lowest BCUT2D eigenvalue weighted by molar-refractivity contribution is -0.121. The first kappa shape index (κ1) is 14.0.